The number of ether oxygens (including phenoxy) is 4. The molecule has 12 rings (SSSR count). The van der Waals surface area contributed by atoms with Crippen molar-refractivity contribution in [3.8, 4) is 0 Å². The lowest BCUT2D eigenvalue weighted by molar-refractivity contribution is -0.155. The topological polar surface area (TPSA) is 132 Å². The molecule has 9 nitrogen and oxygen atoms in total. The summed E-state index contributed by atoms with van der Waals surface area (Å²) in [5, 5.41) is 24.6. The Bertz CT molecular complexity index is 2050. The highest BCUT2D eigenvalue weighted by Crippen LogP contribution is 2.81. The van der Waals surface area contributed by atoms with Crippen LogP contribution in [0, 0.1) is 57.2 Å². The van der Waals surface area contributed by atoms with Crippen LogP contribution >= 0.6 is 0 Å². The number of carbonyl (C=O) groups is 3. The summed E-state index contributed by atoms with van der Waals surface area (Å²) in [5.74, 6) is -1.27. The zero-order valence-electron chi connectivity index (χ0n) is 32.5. The van der Waals surface area contributed by atoms with Gasteiger partial charge in [0.15, 0.2) is 0 Å². The Hall–Kier alpha value is -2.75. The minimum atomic E-state index is -1.11. The van der Waals surface area contributed by atoms with E-state index in [1.54, 1.807) is 0 Å². The molecular weight excluding hydrogens is 684 g/mol. The number of fused-ring (bicyclic) bond motifs is 18. The van der Waals surface area contributed by atoms with Crippen molar-refractivity contribution in [2.45, 2.75) is 153 Å². The minimum absolute atomic E-state index is 0.00801. The molecule has 8 aliphatic carbocycles. The Morgan fingerprint density at radius 1 is 0.704 bits per heavy atom. The predicted octanol–water partition coefficient (Wildman–Crippen LogP) is 5.97. The van der Waals surface area contributed by atoms with Crippen LogP contribution in [-0.2, 0) is 33.3 Å². The second-order valence-corrected chi connectivity index (χ2v) is 21.4. The monoisotopic (exact) mass is 738 g/mol. The molecule has 3 saturated carbocycles. The molecule has 0 aromatic rings. The normalized spacial score (nSPS) is 59.6. The molecule has 9 heteroatoms. The number of aliphatic hydroxyl groups is 2. The number of hydrogen-bond acceptors (Lipinski definition) is 9. The highest BCUT2D eigenvalue weighted by molar-refractivity contribution is 5.92. The van der Waals surface area contributed by atoms with Gasteiger partial charge < -0.3 is 29.2 Å². The smallest absolute Gasteiger partial charge is 0.334 e. The van der Waals surface area contributed by atoms with E-state index in [1.165, 1.54) is 5.57 Å². The summed E-state index contributed by atoms with van der Waals surface area (Å²) in [7, 11) is 0. The molecule has 17 atom stereocenters. The molecule has 3 spiro atoms. The first-order valence-electron chi connectivity index (χ1n) is 21.0. The average Bonchev–Trinajstić information content (AvgIpc) is 3.75. The summed E-state index contributed by atoms with van der Waals surface area (Å²) in [6, 6.07) is 0. The maximum Gasteiger partial charge on any atom is 0.334 e. The van der Waals surface area contributed by atoms with E-state index in [0.29, 0.717) is 50.5 Å². The van der Waals surface area contributed by atoms with Gasteiger partial charge in [0.1, 0.15) is 23.9 Å². The third kappa shape index (κ3) is 3.17. The molecule has 7 fully saturated rings. The van der Waals surface area contributed by atoms with E-state index in [2.05, 4.69) is 40.3 Å². The van der Waals surface area contributed by atoms with E-state index >= 15 is 4.79 Å². The highest BCUT2D eigenvalue weighted by atomic mass is 16.6. The molecule has 0 aromatic carbocycles. The van der Waals surface area contributed by atoms with Crippen LogP contribution in [0.4, 0.5) is 0 Å². The molecule has 12 aliphatic rings. The Labute approximate surface area is 316 Å². The summed E-state index contributed by atoms with van der Waals surface area (Å²) in [6.45, 7) is 16.8. The van der Waals surface area contributed by atoms with Gasteiger partial charge >= 0.3 is 17.9 Å². The molecule has 0 radical (unpaired) electrons. The van der Waals surface area contributed by atoms with Gasteiger partial charge in [-0.05, 0) is 132 Å². The molecule has 288 valence electrons. The fourth-order valence-electron chi connectivity index (χ4n) is 17.3. The van der Waals surface area contributed by atoms with Gasteiger partial charge in [-0.15, -0.1) is 0 Å². The van der Waals surface area contributed by atoms with Gasteiger partial charge in [0.25, 0.3) is 0 Å². The molecule has 4 bridgehead atoms. The minimum Gasteiger partial charge on any atom is -0.461 e. The third-order valence-corrected chi connectivity index (χ3v) is 19.4. The quantitative estimate of drug-likeness (QED) is 0.102. The van der Waals surface area contributed by atoms with Gasteiger partial charge in [-0.3, -0.25) is 9.59 Å². The van der Waals surface area contributed by atoms with Gasteiger partial charge in [0.05, 0.1) is 27.6 Å². The summed E-state index contributed by atoms with van der Waals surface area (Å²) >= 11 is 0. The summed E-state index contributed by atoms with van der Waals surface area (Å²) < 4.78 is 26.3. The summed E-state index contributed by atoms with van der Waals surface area (Å²) in [5.41, 5.74) is -0.280. The van der Waals surface area contributed by atoms with Crippen LogP contribution in [0.25, 0.3) is 0 Å². The van der Waals surface area contributed by atoms with Crippen molar-refractivity contribution >= 4 is 17.9 Å². The van der Waals surface area contributed by atoms with E-state index < -0.39 is 51.0 Å². The molecule has 54 heavy (non-hydrogen) atoms. The van der Waals surface area contributed by atoms with Crippen LogP contribution in [0.5, 0.6) is 0 Å². The molecule has 4 saturated heterocycles. The maximum atomic E-state index is 15.1. The first kappa shape index (κ1) is 33.4. The molecule has 2 N–H and O–H groups in total. The van der Waals surface area contributed by atoms with Gasteiger partial charge in [0, 0.05) is 40.1 Å². The van der Waals surface area contributed by atoms with Crippen molar-refractivity contribution < 1.29 is 43.5 Å². The van der Waals surface area contributed by atoms with Crippen molar-refractivity contribution in [3.05, 3.63) is 46.1 Å². The highest BCUT2D eigenvalue weighted by Gasteiger charge is 2.84. The van der Waals surface area contributed by atoms with Crippen LogP contribution < -0.4 is 0 Å². The molecule has 0 amide bonds. The first-order chi connectivity index (χ1) is 25.3. The van der Waals surface area contributed by atoms with Gasteiger partial charge in [-0.1, -0.05) is 32.1 Å². The van der Waals surface area contributed by atoms with Gasteiger partial charge in [-0.25, -0.2) is 4.79 Å². The summed E-state index contributed by atoms with van der Waals surface area (Å²) in [4.78, 5) is 43.1. The van der Waals surface area contributed by atoms with Gasteiger partial charge in [0.2, 0.25) is 0 Å². The summed E-state index contributed by atoms with van der Waals surface area (Å²) in [6.07, 6.45) is 8.24. The number of rotatable bonds is 0. The lowest BCUT2D eigenvalue weighted by Gasteiger charge is -2.49. The Morgan fingerprint density at radius 2 is 1.28 bits per heavy atom. The molecule has 0 aromatic heterocycles. The van der Waals surface area contributed by atoms with Crippen LogP contribution in [0.2, 0.25) is 0 Å². The van der Waals surface area contributed by atoms with Gasteiger partial charge in [-0.2, -0.15) is 0 Å². The molecular formula is C45H54O9. The van der Waals surface area contributed by atoms with Crippen molar-refractivity contribution in [1.82, 2.24) is 0 Å². The van der Waals surface area contributed by atoms with Crippen molar-refractivity contribution in [1.29, 1.82) is 0 Å². The van der Waals surface area contributed by atoms with Crippen LogP contribution in [-0.4, -0.2) is 68.8 Å². The fourth-order valence-corrected chi connectivity index (χ4v) is 17.3. The SMILES string of the molecule is C=C1C(=O)O[C@@H]2C3=C([C@H]4C[C@]3(C)[C@]3(C4)C(=O)O[C@@H]4C5=C([C@H]6C[C@]5(C)[C@]5(C6)C(=O)O[C@@H]6[C@H]7C(C)=CC[C@@]78O[C@@]8(C)CC[C@H]65)[C@@](C)(O)CC[C@H]43)[C@@](C)(O)CC[C@@H]12. The van der Waals surface area contributed by atoms with E-state index in [-0.39, 0.29) is 64.8 Å². The second kappa shape index (κ2) is 9.18. The number of epoxide rings is 1. The lowest BCUT2D eigenvalue weighted by Crippen LogP contribution is -2.52. The first-order valence-corrected chi connectivity index (χ1v) is 21.0. The van der Waals surface area contributed by atoms with Crippen LogP contribution in [0.3, 0.4) is 0 Å². The molecule has 4 heterocycles. The van der Waals surface area contributed by atoms with E-state index in [9.17, 15) is 19.8 Å². The zero-order chi connectivity index (χ0) is 37.7. The fraction of sp³-hybridized carbons (Fsp3) is 0.756. The third-order valence-electron chi connectivity index (χ3n) is 19.4. The predicted molar refractivity (Wildman–Crippen MR) is 193 cm³/mol. The van der Waals surface area contributed by atoms with E-state index in [1.807, 2.05) is 13.8 Å². The van der Waals surface area contributed by atoms with E-state index in [4.69, 9.17) is 18.9 Å². The van der Waals surface area contributed by atoms with Crippen molar-refractivity contribution in [2.75, 3.05) is 0 Å². The number of hydrogen-bond donors (Lipinski definition) is 2. The largest absolute Gasteiger partial charge is 0.461 e. The number of esters is 3. The van der Waals surface area contributed by atoms with Crippen molar-refractivity contribution in [3.63, 3.8) is 0 Å². The Balaban J connectivity index is 0.996. The Morgan fingerprint density at radius 3 is 1.94 bits per heavy atom. The van der Waals surface area contributed by atoms with E-state index in [0.717, 1.165) is 48.0 Å². The van der Waals surface area contributed by atoms with Crippen LogP contribution in [0.1, 0.15) is 112 Å². The second-order valence-electron chi connectivity index (χ2n) is 21.4. The number of carbonyl (C=O) groups excluding carboxylic acids is 3. The zero-order valence-corrected chi connectivity index (χ0v) is 32.5. The molecule has 0 unspecified atom stereocenters. The standard InChI is InChI=1S/C45H54O9/c1-20-8-15-45-27(20)33-26(11-14-42(45,7)54-45)44(36(47)52-33)19-23-17-39(44,4)31-29(23)41(6,50)13-10-25-34(31)53-37(48)43(25)18-22-16-38(43,3)30-28(22)40(5,49)12-9-24-21(2)35(46)51-32(24)30/h8,22-27,32-34,49-50H,2,9-19H2,1,3-7H3/t22-,23-,24-,25+,26+,27+,32-,33-,34-,38-,39-,40-,41-,42-,43-,44-,45+/m0/s1. The molecule has 4 aliphatic heterocycles. The maximum absolute atomic E-state index is 15.1. The van der Waals surface area contributed by atoms with Crippen molar-refractivity contribution in [2.24, 2.45) is 57.2 Å². The lowest BCUT2D eigenvalue weighted by atomic mass is 9.50. The van der Waals surface area contributed by atoms with Crippen LogP contribution in [0.15, 0.2) is 46.1 Å². The Kier molecular flexibility index (Phi) is 5.67. The average molecular weight is 739 g/mol.